The highest BCUT2D eigenvalue weighted by molar-refractivity contribution is 6.06. The summed E-state index contributed by atoms with van der Waals surface area (Å²) in [5, 5.41) is 2.83. The van der Waals surface area contributed by atoms with E-state index in [0.717, 1.165) is 12.8 Å². The van der Waals surface area contributed by atoms with E-state index in [1.807, 2.05) is 0 Å². The van der Waals surface area contributed by atoms with Gasteiger partial charge in [0.05, 0.1) is 11.8 Å². The zero-order chi connectivity index (χ0) is 21.7. The molecule has 6 heteroatoms. The minimum absolute atomic E-state index is 0.0304. The topological polar surface area (TPSA) is 83.6 Å². The first kappa shape index (κ1) is 20.2. The fourth-order valence-electron chi connectivity index (χ4n) is 6.01. The molecule has 1 aliphatic heterocycles. The van der Waals surface area contributed by atoms with Crippen molar-refractivity contribution in [3.05, 3.63) is 42.0 Å². The number of unbranched alkanes of at least 4 members (excludes halogenated alkanes) is 2. The van der Waals surface area contributed by atoms with E-state index >= 15 is 0 Å². The third-order valence-electron chi connectivity index (χ3n) is 7.59. The lowest BCUT2D eigenvalue weighted by molar-refractivity contribution is -0.140. The second-order valence-corrected chi connectivity index (χ2v) is 9.48. The van der Waals surface area contributed by atoms with Crippen molar-refractivity contribution >= 4 is 29.2 Å². The highest BCUT2D eigenvalue weighted by atomic mass is 16.2. The first-order valence-electron chi connectivity index (χ1n) is 11.4. The van der Waals surface area contributed by atoms with E-state index in [-0.39, 0.29) is 47.2 Å². The van der Waals surface area contributed by atoms with Gasteiger partial charge in [0.1, 0.15) is 0 Å². The fourth-order valence-corrected chi connectivity index (χ4v) is 6.01. The average Bonchev–Trinajstić information content (AvgIpc) is 3.53. The Labute approximate surface area is 182 Å². The molecule has 2 saturated carbocycles. The molecule has 1 heterocycles. The number of likely N-dealkylation sites (tertiary alicyclic amines) is 1. The van der Waals surface area contributed by atoms with Gasteiger partial charge in [0.15, 0.2) is 5.78 Å². The number of hydrogen-bond acceptors (Lipinski definition) is 4. The largest absolute Gasteiger partial charge is 0.326 e. The van der Waals surface area contributed by atoms with Gasteiger partial charge in [0, 0.05) is 24.2 Å². The van der Waals surface area contributed by atoms with Crippen LogP contribution >= 0.6 is 0 Å². The molecule has 1 saturated heterocycles. The first-order chi connectivity index (χ1) is 15.0. The predicted octanol–water partition coefficient (Wildman–Crippen LogP) is 3.44. The summed E-state index contributed by atoms with van der Waals surface area (Å²) < 4.78 is 0. The van der Waals surface area contributed by atoms with E-state index in [4.69, 9.17) is 0 Å². The lowest BCUT2D eigenvalue weighted by Crippen LogP contribution is -2.40. The molecule has 0 unspecified atom stereocenters. The molecule has 1 N–H and O–H groups in total. The van der Waals surface area contributed by atoms with Crippen LogP contribution < -0.4 is 5.32 Å². The summed E-state index contributed by atoms with van der Waals surface area (Å²) in [5.74, 6) is 1.48. The summed E-state index contributed by atoms with van der Waals surface area (Å²) in [6.07, 6.45) is 8.13. The number of amides is 3. The number of benzene rings is 1. The molecule has 31 heavy (non-hydrogen) atoms. The lowest BCUT2D eigenvalue weighted by atomic mass is 9.63. The second-order valence-electron chi connectivity index (χ2n) is 9.48. The molecule has 0 spiro atoms. The van der Waals surface area contributed by atoms with Gasteiger partial charge in [-0.1, -0.05) is 30.7 Å². The molecule has 4 aliphatic carbocycles. The van der Waals surface area contributed by atoms with E-state index in [1.165, 1.54) is 18.2 Å². The maximum atomic E-state index is 12.9. The van der Waals surface area contributed by atoms with Crippen molar-refractivity contribution in [2.24, 2.45) is 35.5 Å². The molecule has 3 amide bonds. The minimum atomic E-state index is -0.122. The van der Waals surface area contributed by atoms with Gasteiger partial charge in [-0.2, -0.15) is 0 Å². The number of rotatable bonds is 8. The summed E-state index contributed by atoms with van der Waals surface area (Å²) in [7, 11) is 0. The summed E-state index contributed by atoms with van der Waals surface area (Å²) in [4.78, 5) is 51.0. The van der Waals surface area contributed by atoms with Gasteiger partial charge in [-0.15, -0.1) is 0 Å². The third-order valence-corrected chi connectivity index (χ3v) is 7.59. The van der Waals surface area contributed by atoms with Gasteiger partial charge in [-0.3, -0.25) is 24.1 Å². The molecule has 1 aromatic rings. The summed E-state index contributed by atoms with van der Waals surface area (Å²) >= 11 is 0. The van der Waals surface area contributed by atoms with Gasteiger partial charge in [-0.25, -0.2) is 0 Å². The summed E-state index contributed by atoms with van der Waals surface area (Å²) in [6, 6.07) is 6.91. The van der Waals surface area contributed by atoms with Gasteiger partial charge in [0.25, 0.3) is 0 Å². The summed E-state index contributed by atoms with van der Waals surface area (Å²) in [5.41, 5.74) is 1.19. The number of hydrogen-bond donors (Lipinski definition) is 1. The Morgan fingerprint density at radius 2 is 1.68 bits per heavy atom. The molecule has 162 valence electrons. The molecule has 6 atom stereocenters. The Morgan fingerprint density at radius 1 is 1.00 bits per heavy atom. The first-order valence-corrected chi connectivity index (χ1v) is 11.4. The SMILES string of the molecule is CC(=O)c1cccc(NC(=O)CCCCCN2C(=O)[C@@H]3[C@H]4C=C[C@@H]([C@@H]5C[C@H]45)[C@@H]3C2=O)c1. The van der Waals surface area contributed by atoms with Gasteiger partial charge < -0.3 is 5.32 Å². The Balaban J connectivity index is 1.07. The molecule has 0 radical (unpaired) electrons. The molecule has 6 rings (SSSR count). The molecular formula is C25H28N2O4. The average molecular weight is 421 g/mol. The van der Waals surface area contributed by atoms with Crippen LogP contribution in [0.3, 0.4) is 0 Å². The minimum Gasteiger partial charge on any atom is -0.326 e. The third kappa shape index (κ3) is 3.52. The van der Waals surface area contributed by atoms with E-state index < -0.39 is 0 Å². The second kappa shape index (κ2) is 7.74. The number of nitrogens with one attached hydrogen (secondary N) is 1. The quantitative estimate of drug-likeness (QED) is 0.302. The molecule has 5 aliphatic rings. The maximum absolute atomic E-state index is 12.9. The number of anilines is 1. The number of carbonyl (C=O) groups excluding carboxylic acids is 4. The van der Waals surface area contributed by atoms with Crippen molar-refractivity contribution in [2.75, 3.05) is 11.9 Å². The highest BCUT2D eigenvalue weighted by Gasteiger charge is 2.66. The molecule has 0 aromatic heterocycles. The Kier molecular flexibility index (Phi) is 5.03. The summed E-state index contributed by atoms with van der Waals surface area (Å²) in [6.45, 7) is 1.96. The van der Waals surface area contributed by atoms with Crippen LogP contribution in [-0.2, 0) is 14.4 Å². The molecule has 2 bridgehead atoms. The van der Waals surface area contributed by atoms with Crippen molar-refractivity contribution in [1.82, 2.24) is 4.90 Å². The number of ketones is 1. The smallest absolute Gasteiger partial charge is 0.233 e. The molecule has 3 fully saturated rings. The van der Waals surface area contributed by atoms with Crippen LogP contribution in [0.4, 0.5) is 5.69 Å². The van der Waals surface area contributed by atoms with Gasteiger partial charge in [0.2, 0.25) is 17.7 Å². The van der Waals surface area contributed by atoms with Crippen molar-refractivity contribution in [3.8, 4) is 0 Å². The zero-order valence-corrected chi connectivity index (χ0v) is 17.8. The Morgan fingerprint density at radius 3 is 2.32 bits per heavy atom. The lowest BCUT2D eigenvalue weighted by Gasteiger charge is -2.37. The van der Waals surface area contributed by atoms with Crippen LogP contribution in [0.5, 0.6) is 0 Å². The van der Waals surface area contributed by atoms with Crippen LogP contribution in [0.15, 0.2) is 36.4 Å². The molecule has 1 aromatic carbocycles. The highest BCUT2D eigenvalue weighted by Crippen LogP contribution is 2.65. The van der Waals surface area contributed by atoms with E-state index in [2.05, 4.69) is 17.5 Å². The number of carbonyl (C=O) groups is 4. The molecule has 6 nitrogen and oxygen atoms in total. The molecular weight excluding hydrogens is 392 g/mol. The van der Waals surface area contributed by atoms with Gasteiger partial charge >= 0.3 is 0 Å². The van der Waals surface area contributed by atoms with Crippen LogP contribution in [0.25, 0.3) is 0 Å². The normalized spacial score (nSPS) is 32.1. The van der Waals surface area contributed by atoms with E-state index in [0.29, 0.717) is 42.5 Å². The van der Waals surface area contributed by atoms with Gasteiger partial charge in [-0.05, 0) is 62.0 Å². The number of imide groups is 1. The van der Waals surface area contributed by atoms with Crippen molar-refractivity contribution in [2.45, 2.75) is 39.0 Å². The maximum Gasteiger partial charge on any atom is 0.233 e. The predicted molar refractivity (Wildman–Crippen MR) is 115 cm³/mol. The fraction of sp³-hybridized carbons (Fsp3) is 0.520. The number of Topliss-reactive ketones (excluding diaryl/α,β-unsaturated/α-hetero) is 1. The number of allylic oxidation sites excluding steroid dienone is 2. The Hall–Kier alpha value is -2.76. The monoisotopic (exact) mass is 420 g/mol. The van der Waals surface area contributed by atoms with Crippen molar-refractivity contribution in [1.29, 1.82) is 0 Å². The standard InChI is InChI=1S/C25H28N2O4/c1-14(28)15-6-5-7-16(12-15)26-21(29)8-3-2-4-11-27-24(30)22-17-9-10-18(20-13-19(17)20)23(22)25(27)31/h5-7,9-10,12,17-20,22-23H,2-4,8,11,13H2,1H3,(H,26,29)/t17-,18-,19-,20+,22-,23+/m0/s1. The van der Waals surface area contributed by atoms with Crippen LogP contribution in [0.1, 0.15) is 49.4 Å². The van der Waals surface area contributed by atoms with Crippen molar-refractivity contribution < 1.29 is 19.2 Å². The number of nitrogens with zero attached hydrogens (tertiary/aromatic N) is 1. The van der Waals surface area contributed by atoms with Crippen molar-refractivity contribution in [3.63, 3.8) is 0 Å². The van der Waals surface area contributed by atoms with Crippen LogP contribution in [-0.4, -0.2) is 34.9 Å². The Bertz CT molecular complexity index is 947. The van der Waals surface area contributed by atoms with Crippen LogP contribution in [0, 0.1) is 35.5 Å². The van der Waals surface area contributed by atoms with E-state index in [1.54, 1.807) is 24.3 Å². The zero-order valence-electron chi connectivity index (χ0n) is 17.8. The van der Waals surface area contributed by atoms with Crippen LogP contribution in [0.2, 0.25) is 0 Å². The van der Waals surface area contributed by atoms with E-state index in [9.17, 15) is 19.2 Å².